The topological polar surface area (TPSA) is 20.3 Å². The molecule has 0 aromatic heterocycles. The number of rotatable bonds is 3. The van der Waals surface area contributed by atoms with Crippen LogP contribution in [-0.2, 0) is 0 Å². The zero-order valence-corrected chi connectivity index (χ0v) is 13.6. The van der Waals surface area contributed by atoms with Crippen molar-refractivity contribution in [2.75, 3.05) is 11.4 Å². The minimum Gasteiger partial charge on any atom is -0.309 e. The van der Waals surface area contributed by atoms with Crippen LogP contribution in [0, 0.1) is 13.8 Å². The van der Waals surface area contributed by atoms with Crippen LogP contribution in [0.15, 0.2) is 46.9 Å². The predicted molar refractivity (Wildman–Crippen MR) is 87.4 cm³/mol. The van der Waals surface area contributed by atoms with Gasteiger partial charge < -0.3 is 4.90 Å². The van der Waals surface area contributed by atoms with Crippen molar-refractivity contribution in [1.29, 1.82) is 0 Å². The fraction of sp³-hybridized carbons (Fsp3) is 0.235. The van der Waals surface area contributed by atoms with E-state index < -0.39 is 0 Å². The van der Waals surface area contributed by atoms with Crippen LogP contribution in [-0.4, -0.2) is 12.5 Å². The van der Waals surface area contributed by atoms with E-state index in [1.807, 2.05) is 63.2 Å². The standard InChI is InChI=1S/C17H18BrNO/c1-4-19(15-9-5-12(2)6-10-15)17(20)14-8-7-13(3)16(18)11-14/h5-11H,4H2,1-3H3. The van der Waals surface area contributed by atoms with Gasteiger partial charge >= 0.3 is 0 Å². The number of hydrogen-bond donors (Lipinski definition) is 0. The highest BCUT2D eigenvalue weighted by atomic mass is 79.9. The van der Waals surface area contributed by atoms with Crippen molar-refractivity contribution >= 4 is 27.5 Å². The molecule has 0 unspecified atom stereocenters. The Morgan fingerprint density at radius 2 is 1.75 bits per heavy atom. The monoisotopic (exact) mass is 331 g/mol. The largest absolute Gasteiger partial charge is 0.309 e. The molecule has 2 rings (SSSR count). The van der Waals surface area contributed by atoms with E-state index in [2.05, 4.69) is 15.9 Å². The smallest absolute Gasteiger partial charge is 0.258 e. The SMILES string of the molecule is CCN(C(=O)c1ccc(C)c(Br)c1)c1ccc(C)cc1. The van der Waals surface area contributed by atoms with Crippen molar-refractivity contribution in [2.24, 2.45) is 0 Å². The zero-order valence-electron chi connectivity index (χ0n) is 12.0. The average molecular weight is 332 g/mol. The van der Waals surface area contributed by atoms with E-state index in [1.54, 1.807) is 4.90 Å². The van der Waals surface area contributed by atoms with Gasteiger partial charge in [0.15, 0.2) is 0 Å². The van der Waals surface area contributed by atoms with Crippen molar-refractivity contribution < 1.29 is 4.79 Å². The number of anilines is 1. The second-order valence-corrected chi connectivity index (χ2v) is 5.70. The van der Waals surface area contributed by atoms with E-state index in [9.17, 15) is 4.79 Å². The highest BCUT2D eigenvalue weighted by Crippen LogP contribution is 2.21. The highest BCUT2D eigenvalue weighted by Gasteiger charge is 2.16. The molecule has 104 valence electrons. The summed E-state index contributed by atoms with van der Waals surface area (Å²) in [7, 11) is 0. The molecule has 0 aliphatic carbocycles. The Bertz CT molecular complexity index is 619. The van der Waals surface area contributed by atoms with Gasteiger partial charge in [0.2, 0.25) is 0 Å². The first kappa shape index (κ1) is 14.8. The molecule has 3 heteroatoms. The second kappa shape index (κ2) is 6.23. The van der Waals surface area contributed by atoms with Crippen molar-refractivity contribution in [1.82, 2.24) is 0 Å². The molecule has 2 nitrogen and oxygen atoms in total. The maximum absolute atomic E-state index is 12.6. The minimum atomic E-state index is 0.0250. The number of carbonyl (C=O) groups excluding carboxylic acids is 1. The van der Waals surface area contributed by atoms with Gasteiger partial charge in [-0.3, -0.25) is 4.79 Å². The Morgan fingerprint density at radius 3 is 2.30 bits per heavy atom. The number of halogens is 1. The summed E-state index contributed by atoms with van der Waals surface area (Å²) in [6.45, 7) is 6.68. The van der Waals surface area contributed by atoms with Gasteiger partial charge in [0.05, 0.1) is 0 Å². The number of hydrogen-bond acceptors (Lipinski definition) is 1. The molecular weight excluding hydrogens is 314 g/mol. The van der Waals surface area contributed by atoms with E-state index in [4.69, 9.17) is 0 Å². The van der Waals surface area contributed by atoms with Gasteiger partial charge in [-0.1, -0.05) is 39.7 Å². The second-order valence-electron chi connectivity index (χ2n) is 4.85. The van der Waals surface area contributed by atoms with Gasteiger partial charge in [0, 0.05) is 22.3 Å². The Labute approximate surface area is 128 Å². The Balaban J connectivity index is 2.33. The van der Waals surface area contributed by atoms with Gasteiger partial charge in [-0.15, -0.1) is 0 Å². The van der Waals surface area contributed by atoms with Gasteiger partial charge in [0.25, 0.3) is 5.91 Å². The van der Waals surface area contributed by atoms with Crippen molar-refractivity contribution in [2.45, 2.75) is 20.8 Å². The molecular formula is C17H18BrNO. The average Bonchev–Trinajstić information content (AvgIpc) is 2.44. The van der Waals surface area contributed by atoms with Gasteiger partial charge in [-0.25, -0.2) is 0 Å². The molecule has 0 radical (unpaired) electrons. The Hall–Kier alpha value is -1.61. The fourth-order valence-electron chi connectivity index (χ4n) is 2.05. The summed E-state index contributed by atoms with van der Waals surface area (Å²) in [4.78, 5) is 14.4. The summed E-state index contributed by atoms with van der Waals surface area (Å²) in [6, 6.07) is 13.7. The molecule has 20 heavy (non-hydrogen) atoms. The van der Waals surface area contributed by atoms with Gasteiger partial charge in [-0.05, 0) is 50.6 Å². The lowest BCUT2D eigenvalue weighted by Crippen LogP contribution is -2.30. The van der Waals surface area contributed by atoms with Crippen LogP contribution in [0.25, 0.3) is 0 Å². The van der Waals surface area contributed by atoms with Crippen LogP contribution in [0.2, 0.25) is 0 Å². The first-order chi connectivity index (χ1) is 9.52. The number of amides is 1. The van der Waals surface area contributed by atoms with E-state index in [1.165, 1.54) is 5.56 Å². The quantitative estimate of drug-likeness (QED) is 0.795. The zero-order chi connectivity index (χ0) is 14.7. The van der Waals surface area contributed by atoms with Crippen molar-refractivity contribution in [3.63, 3.8) is 0 Å². The molecule has 0 saturated carbocycles. The van der Waals surface area contributed by atoms with E-state index in [0.717, 1.165) is 15.7 Å². The van der Waals surface area contributed by atoms with E-state index in [-0.39, 0.29) is 5.91 Å². The molecule has 0 spiro atoms. The third-order valence-electron chi connectivity index (χ3n) is 3.33. The molecule has 2 aromatic carbocycles. The molecule has 0 atom stereocenters. The van der Waals surface area contributed by atoms with Gasteiger partial charge in [-0.2, -0.15) is 0 Å². The summed E-state index contributed by atoms with van der Waals surface area (Å²) in [6.07, 6.45) is 0. The van der Waals surface area contributed by atoms with Crippen LogP contribution >= 0.6 is 15.9 Å². The van der Waals surface area contributed by atoms with Crippen LogP contribution in [0.4, 0.5) is 5.69 Å². The van der Waals surface area contributed by atoms with Crippen LogP contribution in [0.3, 0.4) is 0 Å². The molecule has 2 aromatic rings. The van der Waals surface area contributed by atoms with E-state index >= 15 is 0 Å². The number of carbonyl (C=O) groups is 1. The van der Waals surface area contributed by atoms with Gasteiger partial charge in [0.1, 0.15) is 0 Å². The molecule has 0 aliphatic heterocycles. The molecule has 0 aliphatic rings. The molecule has 0 N–H and O–H groups in total. The first-order valence-corrected chi connectivity index (χ1v) is 7.47. The molecule has 0 heterocycles. The Morgan fingerprint density at radius 1 is 1.10 bits per heavy atom. The third-order valence-corrected chi connectivity index (χ3v) is 4.18. The molecule has 0 bridgehead atoms. The molecule has 0 fully saturated rings. The first-order valence-electron chi connectivity index (χ1n) is 6.67. The maximum atomic E-state index is 12.6. The molecule has 0 saturated heterocycles. The summed E-state index contributed by atoms with van der Waals surface area (Å²) in [5.74, 6) is 0.0250. The Kier molecular flexibility index (Phi) is 4.61. The molecule has 1 amide bonds. The van der Waals surface area contributed by atoms with Crippen LogP contribution < -0.4 is 4.90 Å². The number of nitrogens with zero attached hydrogens (tertiary/aromatic N) is 1. The summed E-state index contributed by atoms with van der Waals surface area (Å²) < 4.78 is 0.961. The van der Waals surface area contributed by atoms with Crippen LogP contribution in [0.1, 0.15) is 28.4 Å². The lowest BCUT2D eigenvalue weighted by atomic mass is 10.1. The van der Waals surface area contributed by atoms with Crippen molar-refractivity contribution in [3.8, 4) is 0 Å². The summed E-state index contributed by atoms with van der Waals surface area (Å²) in [5, 5.41) is 0. The normalized spacial score (nSPS) is 10.4. The summed E-state index contributed by atoms with van der Waals surface area (Å²) in [5.41, 5.74) is 3.94. The maximum Gasteiger partial charge on any atom is 0.258 e. The fourth-order valence-corrected chi connectivity index (χ4v) is 2.43. The van der Waals surface area contributed by atoms with Crippen molar-refractivity contribution in [3.05, 3.63) is 63.6 Å². The lowest BCUT2D eigenvalue weighted by molar-refractivity contribution is 0.0988. The highest BCUT2D eigenvalue weighted by molar-refractivity contribution is 9.10. The van der Waals surface area contributed by atoms with E-state index in [0.29, 0.717) is 12.1 Å². The van der Waals surface area contributed by atoms with Crippen LogP contribution in [0.5, 0.6) is 0 Å². The predicted octanol–water partition coefficient (Wildman–Crippen LogP) is 4.73. The number of aryl methyl sites for hydroxylation is 2. The third kappa shape index (κ3) is 3.10. The lowest BCUT2D eigenvalue weighted by Gasteiger charge is -2.21. The number of benzene rings is 2. The minimum absolute atomic E-state index is 0.0250. The summed E-state index contributed by atoms with van der Waals surface area (Å²) >= 11 is 3.48.